The minimum Gasteiger partial charge on any atom is -0.355 e. The molecule has 2 fully saturated rings. The van der Waals surface area contributed by atoms with Gasteiger partial charge in [-0.05, 0) is 25.7 Å². The maximum absolute atomic E-state index is 12.3. The van der Waals surface area contributed by atoms with E-state index in [1.165, 1.54) is 6.42 Å². The number of piperidine rings is 1. The van der Waals surface area contributed by atoms with Gasteiger partial charge in [-0.1, -0.05) is 6.42 Å². The Balaban J connectivity index is 1.44. The number of imidazole rings is 1. The van der Waals surface area contributed by atoms with Crippen LogP contribution in [0.4, 0.5) is 0 Å². The van der Waals surface area contributed by atoms with Gasteiger partial charge >= 0.3 is 0 Å². The zero-order chi connectivity index (χ0) is 15.4. The molecular formula is C16H24N4O2. The van der Waals surface area contributed by atoms with Gasteiger partial charge in [0.15, 0.2) is 0 Å². The summed E-state index contributed by atoms with van der Waals surface area (Å²) in [6, 6.07) is 0. The lowest BCUT2D eigenvalue weighted by atomic mass is 9.83. The van der Waals surface area contributed by atoms with E-state index in [-0.39, 0.29) is 23.7 Å². The number of likely N-dealkylation sites (tertiary alicyclic amines) is 1. The maximum Gasteiger partial charge on any atom is 0.225 e. The quantitative estimate of drug-likeness (QED) is 0.855. The number of carbonyl (C=O) groups is 2. The van der Waals surface area contributed by atoms with Crippen molar-refractivity contribution in [1.82, 2.24) is 20.2 Å². The Kier molecular flexibility index (Phi) is 4.75. The first-order valence-corrected chi connectivity index (χ1v) is 8.29. The van der Waals surface area contributed by atoms with Crippen molar-refractivity contribution in [3.63, 3.8) is 0 Å². The minimum atomic E-state index is -0.0608. The van der Waals surface area contributed by atoms with Gasteiger partial charge < -0.3 is 15.2 Å². The molecule has 1 atom stereocenters. The highest BCUT2D eigenvalue weighted by molar-refractivity contribution is 5.82. The molecule has 3 rings (SSSR count). The molecule has 2 amide bonds. The predicted octanol–water partition coefficient (Wildman–Crippen LogP) is 1.11. The Hall–Kier alpha value is -1.85. The molecule has 6 heteroatoms. The molecule has 1 aliphatic carbocycles. The molecule has 6 nitrogen and oxygen atoms in total. The summed E-state index contributed by atoms with van der Waals surface area (Å²) in [5, 5.41) is 2.97. The van der Waals surface area contributed by atoms with Crippen LogP contribution in [0.3, 0.4) is 0 Å². The third-order valence-electron chi connectivity index (χ3n) is 4.77. The van der Waals surface area contributed by atoms with E-state index in [1.807, 2.05) is 4.90 Å². The average Bonchev–Trinajstić information content (AvgIpc) is 2.99. The molecule has 22 heavy (non-hydrogen) atoms. The number of rotatable bonds is 5. The van der Waals surface area contributed by atoms with Crippen LogP contribution in [-0.2, 0) is 16.0 Å². The van der Waals surface area contributed by atoms with Crippen molar-refractivity contribution < 1.29 is 9.59 Å². The monoisotopic (exact) mass is 304 g/mol. The Morgan fingerprint density at radius 2 is 2.09 bits per heavy atom. The topological polar surface area (TPSA) is 78.1 Å². The van der Waals surface area contributed by atoms with Crippen LogP contribution in [0, 0.1) is 11.8 Å². The number of aromatic amines is 1. The molecule has 0 unspecified atom stereocenters. The molecule has 2 N–H and O–H groups in total. The van der Waals surface area contributed by atoms with Crippen molar-refractivity contribution in [2.45, 2.75) is 38.5 Å². The van der Waals surface area contributed by atoms with Crippen LogP contribution >= 0.6 is 0 Å². The Morgan fingerprint density at radius 1 is 1.27 bits per heavy atom. The zero-order valence-corrected chi connectivity index (χ0v) is 12.9. The summed E-state index contributed by atoms with van der Waals surface area (Å²) in [6.45, 7) is 1.98. The molecule has 1 saturated heterocycles. The molecule has 1 aliphatic heterocycles. The second kappa shape index (κ2) is 6.94. The molecule has 0 aromatic carbocycles. The number of amides is 2. The summed E-state index contributed by atoms with van der Waals surface area (Å²) in [5.74, 6) is 1.37. The van der Waals surface area contributed by atoms with Crippen LogP contribution in [0.15, 0.2) is 12.4 Å². The average molecular weight is 304 g/mol. The van der Waals surface area contributed by atoms with Crippen LogP contribution < -0.4 is 5.32 Å². The van der Waals surface area contributed by atoms with Crippen molar-refractivity contribution in [3.05, 3.63) is 18.2 Å². The molecule has 120 valence electrons. The Morgan fingerprint density at radius 3 is 2.77 bits per heavy atom. The first-order chi connectivity index (χ1) is 10.7. The van der Waals surface area contributed by atoms with Crippen LogP contribution in [0.1, 0.15) is 37.9 Å². The molecule has 1 saturated carbocycles. The van der Waals surface area contributed by atoms with Crippen molar-refractivity contribution in [3.8, 4) is 0 Å². The van der Waals surface area contributed by atoms with E-state index in [1.54, 1.807) is 12.4 Å². The summed E-state index contributed by atoms with van der Waals surface area (Å²) in [4.78, 5) is 33.6. The fourth-order valence-electron chi connectivity index (χ4n) is 3.19. The van der Waals surface area contributed by atoms with Crippen LogP contribution in [0.5, 0.6) is 0 Å². The second-order valence-corrected chi connectivity index (χ2v) is 6.33. The fraction of sp³-hybridized carbons (Fsp3) is 0.688. The van der Waals surface area contributed by atoms with Gasteiger partial charge in [0.2, 0.25) is 11.8 Å². The van der Waals surface area contributed by atoms with Crippen molar-refractivity contribution in [2.24, 2.45) is 11.8 Å². The highest BCUT2D eigenvalue weighted by atomic mass is 16.2. The highest BCUT2D eigenvalue weighted by Gasteiger charge is 2.33. The number of H-pyrrole nitrogens is 1. The number of nitrogens with zero attached hydrogens (tertiary/aromatic N) is 2. The van der Waals surface area contributed by atoms with Crippen LogP contribution in [0.2, 0.25) is 0 Å². The first-order valence-electron chi connectivity index (χ1n) is 8.29. The number of hydrogen-bond acceptors (Lipinski definition) is 3. The van der Waals surface area contributed by atoms with E-state index in [4.69, 9.17) is 0 Å². The van der Waals surface area contributed by atoms with E-state index < -0.39 is 0 Å². The van der Waals surface area contributed by atoms with E-state index in [0.29, 0.717) is 19.5 Å². The molecule has 2 heterocycles. The summed E-state index contributed by atoms with van der Waals surface area (Å²) in [7, 11) is 0. The summed E-state index contributed by atoms with van der Waals surface area (Å²) >= 11 is 0. The van der Waals surface area contributed by atoms with Gasteiger partial charge in [0.1, 0.15) is 5.82 Å². The standard InChI is InChI=1S/C16H24N4O2/c21-15(19-7-6-14-17-8-9-18-14)13-5-2-10-20(11-13)16(22)12-3-1-4-12/h8-9,12-13H,1-7,10-11H2,(H,17,18)(H,19,21)/t13-/m1/s1. The van der Waals surface area contributed by atoms with Gasteiger partial charge in [0, 0.05) is 44.4 Å². The zero-order valence-electron chi connectivity index (χ0n) is 12.9. The molecule has 0 radical (unpaired) electrons. The van der Waals surface area contributed by atoms with Crippen LogP contribution in [0.25, 0.3) is 0 Å². The van der Waals surface area contributed by atoms with Gasteiger partial charge in [-0.25, -0.2) is 4.98 Å². The molecule has 1 aromatic rings. The third kappa shape index (κ3) is 3.48. The largest absolute Gasteiger partial charge is 0.355 e. The Labute approximate surface area is 130 Å². The van der Waals surface area contributed by atoms with E-state index in [0.717, 1.165) is 38.1 Å². The van der Waals surface area contributed by atoms with Gasteiger partial charge in [0.05, 0.1) is 5.92 Å². The van der Waals surface area contributed by atoms with Gasteiger partial charge in [-0.3, -0.25) is 9.59 Å². The molecule has 0 spiro atoms. The summed E-state index contributed by atoms with van der Waals surface area (Å²) in [6.07, 6.45) is 9.21. The molecule has 0 bridgehead atoms. The molecule has 2 aliphatic rings. The van der Waals surface area contributed by atoms with Crippen molar-refractivity contribution >= 4 is 11.8 Å². The normalized spacial score (nSPS) is 22.2. The van der Waals surface area contributed by atoms with Gasteiger partial charge in [0.25, 0.3) is 0 Å². The lowest BCUT2D eigenvalue weighted by molar-refractivity contribution is -0.141. The second-order valence-electron chi connectivity index (χ2n) is 6.33. The maximum atomic E-state index is 12.3. The predicted molar refractivity (Wildman–Crippen MR) is 81.9 cm³/mol. The van der Waals surface area contributed by atoms with Crippen molar-refractivity contribution in [1.29, 1.82) is 0 Å². The van der Waals surface area contributed by atoms with E-state index in [2.05, 4.69) is 15.3 Å². The molecular weight excluding hydrogens is 280 g/mol. The van der Waals surface area contributed by atoms with E-state index >= 15 is 0 Å². The number of carbonyl (C=O) groups excluding carboxylic acids is 2. The SMILES string of the molecule is O=C(NCCc1ncc[nH]1)[C@@H]1CCCN(C(=O)C2CCC2)C1. The number of hydrogen-bond donors (Lipinski definition) is 2. The lowest BCUT2D eigenvalue weighted by Gasteiger charge is -2.36. The van der Waals surface area contributed by atoms with Gasteiger partial charge in [-0.2, -0.15) is 0 Å². The summed E-state index contributed by atoms with van der Waals surface area (Å²) < 4.78 is 0. The molecule has 1 aromatic heterocycles. The number of aromatic nitrogens is 2. The van der Waals surface area contributed by atoms with Gasteiger partial charge in [-0.15, -0.1) is 0 Å². The summed E-state index contributed by atoms with van der Waals surface area (Å²) in [5.41, 5.74) is 0. The Bertz CT molecular complexity index is 510. The number of nitrogens with one attached hydrogen (secondary N) is 2. The van der Waals surface area contributed by atoms with E-state index in [9.17, 15) is 9.59 Å². The van der Waals surface area contributed by atoms with Crippen LogP contribution in [-0.4, -0.2) is 46.3 Å². The lowest BCUT2D eigenvalue weighted by Crippen LogP contribution is -2.48. The highest BCUT2D eigenvalue weighted by Crippen LogP contribution is 2.30. The third-order valence-corrected chi connectivity index (χ3v) is 4.77. The fourth-order valence-corrected chi connectivity index (χ4v) is 3.19. The van der Waals surface area contributed by atoms with Crippen molar-refractivity contribution in [2.75, 3.05) is 19.6 Å². The minimum absolute atomic E-state index is 0.0608. The smallest absolute Gasteiger partial charge is 0.225 e. The first kappa shape index (κ1) is 15.1.